The van der Waals surface area contributed by atoms with Crippen LogP contribution in [0, 0.1) is 0 Å². The second-order valence-corrected chi connectivity index (χ2v) is 5.29. The molecule has 0 aliphatic heterocycles. The quantitative estimate of drug-likeness (QED) is 0.749. The summed E-state index contributed by atoms with van der Waals surface area (Å²) in [6.07, 6.45) is 4.28. The van der Waals surface area contributed by atoms with E-state index < -0.39 is 0 Å². The van der Waals surface area contributed by atoms with Crippen molar-refractivity contribution in [1.29, 1.82) is 0 Å². The highest BCUT2D eigenvalue weighted by Gasteiger charge is 2.09. The molecule has 0 spiro atoms. The van der Waals surface area contributed by atoms with E-state index in [1.54, 1.807) is 0 Å². The van der Waals surface area contributed by atoms with Gasteiger partial charge in [0, 0.05) is 28.0 Å². The van der Waals surface area contributed by atoms with E-state index in [2.05, 4.69) is 35.1 Å². The van der Waals surface area contributed by atoms with Gasteiger partial charge in [-0.15, -0.1) is 11.3 Å². The fourth-order valence-electron chi connectivity index (χ4n) is 2.24. The second kappa shape index (κ2) is 4.46. The number of hydrogen-bond acceptors (Lipinski definition) is 3. The van der Waals surface area contributed by atoms with Crippen molar-refractivity contribution in [3.8, 4) is 11.3 Å². The van der Waals surface area contributed by atoms with Gasteiger partial charge in [-0.2, -0.15) is 0 Å². The van der Waals surface area contributed by atoms with E-state index in [1.165, 1.54) is 22.3 Å². The first kappa shape index (κ1) is 11.3. The lowest BCUT2D eigenvalue weighted by Crippen LogP contribution is -1.84. The molecule has 0 unspecified atom stereocenters. The summed E-state index contributed by atoms with van der Waals surface area (Å²) >= 11 is 1.48. The molecular formula is C14H15N3S. The third-order valence-corrected chi connectivity index (χ3v) is 3.76. The molecule has 3 nitrogen and oxygen atoms in total. The predicted octanol–water partition coefficient (Wildman–Crippen LogP) is 3.83. The maximum Gasteiger partial charge on any atom is 0.180 e. The zero-order valence-electron chi connectivity index (χ0n) is 10.2. The van der Waals surface area contributed by atoms with Crippen LogP contribution in [0.3, 0.4) is 0 Å². The minimum Gasteiger partial charge on any atom is -0.375 e. The summed E-state index contributed by atoms with van der Waals surface area (Å²) in [6.45, 7) is 2.20. The molecular weight excluding hydrogens is 242 g/mol. The fourth-order valence-corrected chi connectivity index (χ4v) is 2.80. The van der Waals surface area contributed by atoms with Gasteiger partial charge in [0.25, 0.3) is 0 Å². The summed E-state index contributed by atoms with van der Waals surface area (Å²) in [5.74, 6) is 0. The third kappa shape index (κ3) is 1.88. The number of aromatic nitrogens is 2. The number of fused-ring (bicyclic) bond motifs is 1. The summed E-state index contributed by atoms with van der Waals surface area (Å²) < 4.78 is 0. The van der Waals surface area contributed by atoms with Crippen LogP contribution in [-0.4, -0.2) is 9.97 Å². The Balaban J connectivity index is 2.14. The molecule has 2 aromatic heterocycles. The van der Waals surface area contributed by atoms with Crippen LogP contribution in [0.1, 0.15) is 18.9 Å². The first-order chi connectivity index (χ1) is 8.78. The molecule has 3 aromatic rings. The third-order valence-electron chi connectivity index (χ3n) is 3.08. The van der Waals surface area contributed by atoms with Crippen LogP contribution in [-0.2, 0) is 6.42 Å². The lowest BCUT2D eigenvalue weighted by Gasteiger charge is -2.00. The number of nitrogen functional groups attached to an aromatic ring is 1. The SMILES string of the molecule is CCCc1ccc2[nH]cc(-c3csc(N)n3)c2c1. The number of nitrogens with zero attached hydrogens (tertiary/aromatic N) is 1. The zero-order chi connectivity index (χ0) is 12.5. The van der Waals surface area contributed by atoms with Crippen molar-refractivity contribution in [3.05, 3.63) is 35.3 Å². The van der Waals surface area contributed by atoms with E-state index in [0.717, 1.165) is 29.6 Å². The van der Waals surface area contributed by atoms with Gasteiger partial charge in [0.1, 0.15) is 0 Å². The van der Waals surface area contributed by atoms with Gasteiger partial charge >= 0.3 is 0 Å². The highest BCUT2D eigenvalue weighted by Crippen LogP contribution is 2.30. The molecule has 0 fully saturated rings. The molecule has 0 aliphatic rings. The van der Waals surface area contributed by atoms with Gasteiger partial charge < -0.3 is 10.7 Å². The first-order valence-electron chi connectivity index (χ1n) is 6.09. The number of rotatable bonds is 3. The molecule has 2 heterocycles. The monoisotopic (exact) mass is 257 g/mol. The van der Waals surface area contributed by atoms with Crippen LogP contribution in [0.15, 0.2) is 29.8 Å². The van der Waals surface area contributed by atoms with Gasteiger partial charge in [-0.1, -0.05) is 19.4 Å². The minimum atomic E-state index is 0.615. The Hall–Kier alpha value is -1.81. The Labute approximate surface area is 110 Å². The Kier molecular flexibility index (Phi) is 2.80. The molecule has 92 valence electrons. The Morgan fingerprint density at radius 1 is 1.39 bits per heavy atom. The standard InChI is InChI=1S/C14H15N3S/c1-2-3-9-4-5-12-10(6-9)11(7-16-12)13-8-18-14(15)17-13/h4-8,16H,2-3H2,1H3,(H2,15,17). The molecule has 0 radical (unpaired) electrons. The number of aryl methyl sites for hydroxylation is 1. The molecule has 0 amide bonds. The van der Waals surface area contributed by atoms with E-state index >= 15 is 0 Å². The number of H-pyrrole nitrogens is 1. The average Bonchev–Trinajstić information content (AvgIpc) is 2.95. The van der Waals surface area contributed by atoms with E-state index in [-0.39, 0.29) is 0 Å². The molecule has 4 heteroatoms. The van der Waals surface area contributed by atoms with Gasteiger partial charge in [0.05, 0.1) is 5.69 Å². The fraction of sp³-hybridized carbons (Fsp3) is 0.214. The van der Waals surface area contributed by atoms with Crippen molar-refractivity contribution in [1.82, 2.24) is 9.97 Å². The van der Waals surface area contributed by atoms with Crippen LogP contribution in [0.2, 0.25) is 0 Å². The molecule has 0 bridgehead atoms. The van der Waals surface area contributed by atoms with Crippen LogP contribution in [0.4, 0.5) is 5.13 Å². The number of nitrogens with one attached hydrogen (secondary N) is 1. The van der Waals surface area contributed by atoms with E-state index in [1.807, 2.05) is 11.6 Å². The summed E-state index contributed by atoms with van der Waals surface area (Å²) in [5.41, 5.74) is 10.3. The Morgan fingerprint density at radius 2 is 2.28 bits per heavy atom. The van der Waals surface area contributed by atoms with Crippen molar-refractivity contribution < 1.29 is 0 Å². The highest BCUT2D eigenvalue weighted by atomic mass is 32.1. The molecule has 1 aromatic carbocycles. The zero-order valence-corrected chi connectivity index (χ0v) is 11.1. The molecule has 3 N–H and O–H groups in total. The minimum absolute atomic E-state index is 0.615. The second-order valence-electron chi connectivity index (χ2n) is 4.40. The van der Waals surface area contributed by atoms with Gasteiger partial charge in [0.2, 0.25) is 0 Å². The Bertz CT molecular complexity index is 681. The molecule has 0 saturated carbocycles. The number of thiazole rings is 1. The Morgan fingerprint density at radius 3 is 3.00 bits per heavy atom. The predicted molar refractivity (Wildman–Crippen MR) is 77.8 cm³/mol. The van der Waals surface area contributed by atoms with Crippen LogP contribution >= 0.6 is 11.3 Å². The molecule has 0 saturated heterocycles. The van der Waals surface area contributed by atoms with E-state index in [9.17, 15) is 0 Å². The lowest BCUT2D eigenvalue weighted by molar-refractivity contribution is 0.924. The van der Waals surface area contributed by atoms with Crippen molar-refractivity contribution in [3.63, 3.8) is 0 Å². The molecule has 18 heavy (non-hydrogen) atoms. The number of aromatic amines is 1. The van der Waals surface area contributed by atoms with E-state index in [4.69, 9.17) is 5.73 Å². The average molecular weight is 257 g/mol. The van der Waals surface area contributed by atoms with Crippen molar-refractivity contribution in [2.75, 3.05) is 5.73 Å². The molecule has 0 atom stereocenters. The van der Waals surface area contributed by atoms with Gasteiger partial charge in [0.15, 0.2) is 5.13 Å². The largest absolute Gasteiger partial charge is 0.375 e. The maximum atomic E-state index is 5.70. The molecule has 3 rings (SSSR count). The number of benzene rings is 1. The van der Waals surface area contributed by atoms with Crippen molar-refractivity contribution in [2.24, 2.45) is 0 Å². The van der Waals surface area contributed by atoms with Crippen molar-refractivity contribution >= 4 is 27.4 Å². The smallest absolute Gasteiger partial charge is 0.180 e. The van der Waals surface area contributed by atoms with E-state index in [0.29, 0.717) is 5.13 Å². The number of anilines is 1. The lowest BCUT2D eigenvalue weighted by atomic mass is 10.1. The summed E-state index contributed by atoms with van der Waals surface area (Å²) in [4.78, 5) is 7.64. The summed E-state index contributed by atoms with van der Waals surface area (Å²) in [7, 11) is 0. The van der Waals surface area contributed by atoms with Crippen LogP contribution in [0.5, 0.6) is 0 Å². The molecule has 0 aliphatic carbocycles. The van der Waals surface area contributed by atoms with Gasteiger partial charge in [-0.3, -0.25) is 0 Å². The highest BCUT2D eigenvalue weighted by molar-refractivity contribution is 7.13. The normalized spacial score (nSPS) is 11.2. The first-order valence-corrected chi connectivity index (χ1v) is 6.97. The van der Waals surface area contributed by atoms with Crippen LogP contribution in [0.25, 0.3) is 22.2 Å². The maximum absolute atomic E-state index is 5.70. The van der Waals surface area contributed by atoms with Gasteiger partial charge in [-0.05, 0) is 24.1 Å². The van der Waals surface area contributed by atoms with Crippen molar-refractivity contribution in [2.45, 2.75) is 19.8 Å². The summed E-state index contributed by atoms with van der Waals surface area (Å²) in [6, 6.07) is 6.57. The topological polar surface area (TPSA) is 54.7 Å². The number of nitrogens with two attached hydrogens (primary N) is 1. The number of hydrogen-bond donors (Lipinski definition) is 2. The van der Waals surface area contributed by atoms with Crippen LogP contribution < -0.4 is 5.73 Å². The summed E-state index contributed by atoms with van der Waals surface area (Å²) in [5, 5.41) is 3.85. The van der Waals surface area contributed by atoms with Gasteiger partial charge in [-0.25, -0.2) is 4.98 Å².